The lowest BCUT2D eigenvalue weighted by Crippen LogP contribution is -2.51. The summed E-state index contributed by atoms with van der Waals surface area (Å²) >= 11 is 0. The molecule has 0 bridgehead atoms. The monoisotopic (exact) mass is 268 g/mol. The van der Waals surface area contributed by atoms with Crippen molar-refractivity contribution in [2.45, 2.75) is 19.1 Å². The van der Waals surface area contributed by atoms with Crippen molar-refractivity contribution < 1.29 is 9.53 Å². The van der Waals surface area contributed by atoms with Gasteiger partial charge in [0.15, 0.2) is 0 Å². The van der Waals surface area contributed by atoms with Crippen LogP contribution in [0, 0.1) is 0 Å². The van der Waals surface area contributed by atoms with E-state index in [0.717, 1.165) is 19.6 Å². The van der Waals surface area contributed by atoms with Crippen LogP contribution in [0.1, 0.15) is 11.1 Å². The van der Waals surface area contributed by atoms with E-state index < -0.39 is 0 Å². The molecule has 2 aliphatic rings. The molecule has 1 atom stereocenters. The van der Waals surface area contributed by atoms with Crippen molar-refractivity contribution in [2.75, 3.05) is 19.8 Å². The van der Waals surface area contributed by atoms with Crippen molar-refractivity contribution in [3.05, 3.63) is 35.4 Å². The van der Waals surface area contributed by atoms with Gasteiger partial charge < -0.3 is 15.0 Å². The quantitative estimate of drug-likeness (QED) is 0.824. The van der Waals surface area contributed by atoms with E-state index >= 15 is 0 Å². The van der Waals surface area contributed by atoms with Crippen LogP contribution in [0.15, 0.2) is 24.3 Å². The molecule has 2 heterocycles. The van der Waals surface area contributed by atoms with E-state index in [-0.39, 0.29) is 24.4 Å². The second-order valence-corrected chi connectivity index (χ2v) is 4.54. The lowest BCUT2D eigenvalue weighted by molar-refractivity contribution is -0.137. The molecule has 0 aromatic heterocycles. The van der Waals surface area contributed by atoms with Crippen molar-refractivity contribution in [3.8, 4) is 0 Å². The Morgan fingerprint density at radius 1 is 1.28 bits per heavy atom. The Labute approximate surface area is 113 Å². The van der Waals surface area contributed by atoms with Gasteiger partial charge in [0, 0.05) is 19.6 Å². The van der Waals surface area contributed by atoms with Gasteiger partial charge in [-0.25, -0.2) is 0 Å². The normalized spacial score (nSPS) is 22.2. The maximum absolute atomic E-state index is 12.3. The standard InChI is InChI=1S/C13H16N2O2.ClH/c16-13(12-9-17-6-5-14-12)15-7-10-3-1-2-4-11(10)8-15;/h1-4,12,14H,5-9H2;1H. The fraction of sp³-hybridized carbons (Fsp3) is 0.462. The van der Waals surface area contributed by atoms with Gasteiger partial charge in [0.2, 0.25) is 5.91 Å². The summed E-state index contributed by atoms with van der Waals surface area (Å²) in [6, 6.07) is 8.06. The molecule has 1 aromatic rings. The van der Waals surface area contributed by atoms with Gasteiger partial charge in [-0.2, -0.15) is 0 Å². The van der Waals surface area contributed by atoms with Crippen LogP contribution in [-0.2, 0) is 22.6 Å². The van der Waals surface area contributed by atoms with Gasteiger partial charge in [-0.15, -0.1) is 12.4 Å². The molecule has 2 aliphatic heterocycles. The van der Waals surface area contributed by atoms with Crippen LogP contribution in [-0.4, -0.2) is 36.6 Å². The molecule has 98 valence electrons. The van der Waals surface area contributed by atoms with Gasteiger partial charge in [0.25, 0.3) is 0 Å². The SMILES string of the molecule is Cl.O=C(C1COCCN1)N1Cc2ccccc2C1. The molecule has 1 fully saturated rings. The van der Waals surface area contributed by atoms with Gasteiger partial charge in [-0.05, 0) is 11.1 Å². The highest BCUT2D eigenvalue weighted by atomic mass is 35.5. The zero-order valence-electron chi connectivity index (χ0n) is 10.1. The summed E-state index contributed by atoms with van der Waals surface area (Å²) in [4.78, 5) is 14.2. The number of ether oxygens (including phenoxy) is 1. The van der Waals surface area contributed by atoms with Crippen LogP contribution in [0.2, 0.25) is 0 Å². The van der Waals surface area contributed by atoms with Crippen molar-refractivity contribution in [1.29, 1.82) is 0 Å². The topological polar surface area (TPSA) is 41.6 Å². The average Bonchev–Trinajstić information content (AvgIpc) is 2.82. The predicted molar refractivity (Wildman–Crippen MR) is 70.6 cm³/mol. The third kappa shape index (κ3) is 2.51. The number of nitrogens with zero attached hydrogens (tertiary/aromatic N) is 1. The molecule has 1 saturated heterocycles. The number of fused-ring (bicyclic) bond motifs is 1. The molecule has 1 amide bonds. The third-order valence-electron chi connectivity index (χ3n) is 3.37. The average molecular weight is 269 g/mol. The maximum Gasteiger partial charge on any atom is 0.242 e. The van der Waals surface area contributed by atoms with Gasteiger partial charge in [0.1, 0.15) is 6.04 Å². The number of halogens is 1. The summed E-state index contributed by atoms with van der Waals surface area (Å²) in [5, 5.41) is 3.21. The molecule has 4 nitrogen and oxygen atoms in total. The highest BCUT2D eigenvalue weighted by Gasteiger charge is 2.29. The van der Waals surface area contributed by atoms with E-state index in [9.17, 15) is 4.79 Å². The summed E-state index contributed by atoms with van der Waals surface area (Å²) in [5.41, 5.74) is 2.52. The molecule has 5 heteroatoms. The molecule has 1 N–H and O–H groups in total. The summed E-state index contributed by atoms with van der Waals surface area (Å²) in [6.45, 7) is 3.41. The number of hydrogen-bond donors (Lipinski definition) is 1. The number of benzene rings is 1. The van der Waals surface area contributed by atoms with E-state index in [1.54, 1.807) is 0 Å². The molecule has 0 radical (unpaired) electrons. The summed E-state index contributed by atoms with van der Waals surface area (Å²) in [7, 11) is 0. The van der Waals surface area contributed by atoms with Gasteiger partial charge in [-0.3, -0.25) is 4.79 Å². The number of carbonyl (C=O) groups is 1. The summed E-state index contributed by atoms with van der Waals surface area (Å²) < 4.78 is 5.33. The minimum Gasteiger partial charge on any atom is -0.378 e. The van der Waals surface area contributed by atoms with Crippen molar-refractivity contribution in [3.63, 3.8) is 0 Å². The van der Waals surface area contributed by atoms with Crippen LogP contribution in [0.25, 0.3) is 0 Å². The molecule has 0 aliphatic carbocycles. The Kier molecular flexibility index (Phi) is 4.22. The number of amides is 1. The summed E-state index contributed by atoms with van der Waals surface area (Å²) in [5.74, 6) is 0.154. The van der Waals surface area contributed by atoms with Crippen LogP contribution >= 0.6 is 12.4 Å². The van der Waals surface area contributed by atoms with Gasteiger partial charge >= 0.3 is 0 Å². The molecule has 1 aromatic carbocycles. The number of rotatable bonds is 1. The Balaban J connectivity index is 0.00000120. The molecule has 0 spiro atoms. The van der Waals surface area contributed by atoms with E-state index in [4.69, 9.17) is 4.74 Å². The third-order valence-corrected chi connectivity index (χ3v) is 3.37. The van der Waals surface area contributed by atoms with Crippen molar-refractivity contribution in [2.24, 2.45) is 0 Å². The Hall–Kier alpha value is -1.10. The minimum atomic E-state index is -0.168. The van der Waals surface area contributed by atoms with Gasteiger partial charge in [-0.1, -0.05) is 24.3 Å². The number of carbonyl (C=O) groups excluding carboxylic acids is 1. The Bertz CT molecular complexity index is 408. The fourth-order valence-corrected chi connectivity index (χ4v) is 2.43. The Morgan fingerprint density at radius 2 is 1.94 bits per heavy atom. The lowest BCUT2D eigenvalue weighted by Gasteiger charge is -2.27. The van der Waals surface area contributed by atoms with E-state index in [2.05, 4.69) is 17.4 Å². The van der Waals surface area contributed by atoms with Crippen molar-refractivity contribution >= 4 is 18.3 Å². The zero-order chi connectivity index (χ0) is 11.7. The first-order valence-electron chi connectivity index (χ1n) is 6.01. The number of nitrogens with one attached hydrogen (secondary N) is 1. The van der Waals surface area contributed by atoms with E-state index in [0.29, 0.717) is 13.2 Å². The first-order chi connectivity index (χ1) is 8.34. The molecular formula is C13H17ClN2O2. The molecule has 1 unspecified atom stereocenters. The maximum atomic E-state index is 12.3. The molecule has 0 saturated carbocycles. The highest BCUT2D eigenvalue weighted by molar-refractivity contribution is 5.85. The van der Waals surface area contributed by atoms with E-state index in [1.807, 2.05) is 17.0 Å². The lowest BCUT2D eigenvalue weighted by atomic mass is 10.1. The first-order valence-corrected chi connectivity index (χ1v) is 6.01. The summed E-state index contributed by atoms with van der Waals surface area (Å²) in [6.07, 6.45) is 0. The minimum absolute atomic E-state index is 0. The van der Waals surface area contributed by atoms with Crippen LogP contribution in [0.4, 0.5) is 0 Å². The van der Waals surface area contributed by atoms with Crippen LogP contribution in [0.5, 0.6) is 0 Å². The second-order valence-electron chi connectivity index (χ2n) is 4.54. The second kappa shape index (κ2) is 5.69. The van der Waals surface area contributed by atoms with Gasteiger partial charge in [0.05, 0.1) is 13.2 Å². The Morgan fingerprint density at radius 3 is 2.50 bits per heavy atom. The van der Waals surface area contributed by atoms with E-state index in [1.165, 1.54) is 11.1 Å². The molecule has 3 rings (SSSR count). The van der Waals surface area contributed by atoms with Crippen LogP contribution < -0.4 is 5.32 Å². The highest BCUT2D eigenvalue weighted by Crippen LogP contribution is 2.22. The number of hydrogen-bond acceptors (Lipinski definition) is 3. The smallest absolute Gasteiger partial charge is 0.242 e. The largest absolute Gasteiger partial charge is 0.378 e. The zero-order valence-corrected chi connectivity index (χ0v) is 10.9. The fourth-order valence-electron chi connectivity index (χ4n) is 2.43. The molecule has 18 heavy (non-hydrogen) atoms. The first kappa shape index (κ1) is 13.3. The number of morpholine rings is 1. The van der Waals surface area contributed by atoms with Crippen LogP contribution in [0.3, 0.4) is 0 Å². The predicted octanol–water partition coefficient (Wildman–Crippen LogP) is 0.939. The molecular weight excluding hydrogens is 252 g/mol. The van der Waals surface area contributed by atoms with Crippen molar-refractivity contribution in [1.82, 2.24) is 10.2 Å².